The van der Waals surface area contributed by atoms with E-state index in [0.717, 1.165) is 0 Å². The van der Waals surface area contributed by atoms with Gasteiger partial charge in [-0.2, -0.15) is 13.2 Å². The number of alkyl halides is 3. The highest BCUT2D eigenvalue weighted by molar-refractivity contribution is 5.76. The van der Waals surface area contributed by atoms with E-state index in [9.17, 15) is 33.4 Å². The molecule has 142 valence electrons. The van der Waals surface area contributed by atoms with E-state index in [4.69, 9.17) is 0 Å². The first-order chi connectivity index (χ1) is 12.6. The van der Waals surface area contributed by atoms with Crippen LogP contribution in [-0.4, -0.2) is 16.4 Å². The highest BCUT2D eigenvalue weighted by Crippen LogP contribution is 2.43. The van der Waals surface area contributed by atoms with Crippen LogP contribution in [0.5, 0.6) is 0 Å². The normalized spacial score (nSPS) is 11.1. The molecular weight excluding hydrogens is 367 g/mol. The molecule has 2 rings (SSSR count). The number of nitrogens with zero attached hydrogens (tertiary/aromatic N) is 3. The lowest BCUT2D eigenvalue weighted by molar-refractivity contribution is -0.393. The van der Waals surface area contributed by atoms with E-state index in [1.54, 1.807) is 30.3 Å². The number of halogens is 3. The van der Waals surface area contributed by atoms with E-state index in [2.05, 4.69) is 6.58 Å². The molecule has 0 amide bonds. The maximum absolute atomic E-state index is 13.0. The summed E-state index contributed by atoms with van der Waals surface area (Å²) >= 11 is 0. The van der Waals surface area contributed by atoms with Crippen molar-refractivity contribution in [3.05, 3.63) is 86.5 Å². The second-order valence-electron chi connectivity index (χ2n) is 5.53. The molecule has 0 bridgehead atoms. The summed E-state index contributed by atoms with van der Waals surface area (Å²) in [5, 5.41) is 22.8. The Bertz CT molecular complexity index is 834. The molecule has 0 atom stereocenters. The summed E-state index contributed by atoms with van der Waals surface area (Å²) in [6.07, 6.45) is -3.61. The van der Waals surface area contributed by atoms with Gasteiger partial charge in [0.2, 0.25) is 0 Å². The minimum absolute atomic E-state index is 0.0138. The Labute approximate surface area is 151 Å². The van der Waals surface area contributed by atoms with Crippen LogP contribution in [0, 0.1) is 20.2 Å². The molecule has 7 nitrogen and oxygen atoms in total. The average Bonchev–Trinajstić information content (AvgIpc) is 2.60. The van der Waals surface area contributed by atoms with Crippen LogP contribution in [0.2, 0.25) is 0 Å². The van der Waals surface area contributed by atoms with Gasteiger partial charge in [-0.1, -0.05) is 36.4 Å². The van der Waals surface area contributed by atoms with Crippen LogP contribution in [0.15, 0.2) is 55.1 Å². The Kier molecular flexibility index (Phi) is 5.78. The van der Waals surface area contributed by atoms with Crippen molar-refractivity contribution in [2.75, 3.05) is 11.4 Å². The zero-order chi connectivity index (χ0) is 20.2. The van der Waals surface area contributed by atoms with E-state index >= 15 is 0 Å². The van der Waals surface area contributed by atoms with Gasteiger partial charge in [-0.3, -0.25) is 20.2 Å². The van der Waals surface area contributed by atoms with Gasteiger partial charge in [-0.25, -0.2) is 0 Å². The highest BCUT2D eigenvalue weighted by Gasteiger charge is 2.39. The van der Waals surface area contributed by atoms with Gasteiger partial charge in [-0.05, 0) is 5.56 Å². The van der Waals surface area contributed by atoms with Crippen LogP contribution >= 0.6 is 0 Å². The molecule has 0 radical (unpaired) electrons. The predicted molar refractivity (Wildman–Crippen MR) is 92.4 cm³/mol. The monoisotopic (exact) mass is 381 g/mol. The summed E-state index contributed by atoms with van der Waals surface area (Å²) < 4.78 is 39.1. The number of hydrogen-bond acceptors (Lipinski definition) is 5. The Balaban J connectivity index is 2.71. The lowest BCUT2D eigenvalue weighted by Crippen LogP contribution is -2.25. The fraction of sp³-hybridized carbons (Fsp3) is 0.176. The van der Waals surface area contributed by atoms with Crippen LogP contribution in [0.1, 0.15) is 11.1 Å². The van der Waals surface area contributed by atoms with Crippen molar-refractivity contribution in [2.45, 2.75) is 12.7 Å². The van der Waals surface area contributed by atoms with E-state index in [0.29, 0.717) is 17.7 Å². The standard InChI is InChI=1S/C17H14F3N3O4/c1-2-8-21(11-12-6-4-3-5-7-12)16-14(22(24)25)9-13(17(18,19)20)10-15(16)23(26)27/h2-7,9-10H,1,8,11H2. The molecule has 0 unspecified atom stereocenters. The second kappa shape index (κ2) is 7.85. The van der Waals surface area contributed by atoms with Crippen molar-refractivity contribution >= 4 is 17.1 Å². The van der Waals surface area contributed by atoms with Gasteiger partial charge in [0.05, 0.1) is 15.4 Å². The maximum Gasteiger partial charge on any atom is 0.416 e. The van der Waals surface area contributed by atoms with Crippen LogP contribution < -0.4 is 4.90 Å². The van der Waals surface area contributed by atoms with Crippen molar-refractivity contribution < 1.29 is 23.0 Å². The largest absolute Gasteiger partial charge is 0.416 e. The molecule has 0 saturated heterocycles. The van der Waals surface area contributed by atoms with Gasteiger partial charge in [0.15, 0.2) is 5.69 Å². The van der Waals surface area contributed by atoms with Gasteiger partial charge in [0.1, 0.15) is 0 Å². The Morgan fingerprint density at radius 3 is 1.96 bits per heavy atom. The number of hydrogen-bond donors (Lipinski definition) is 0. The summed E-state index contributed by atoms with van der Waals surface area (Å²) in [4.78, 5) is 21.9. The maximum atomic E-state index is 13.0. The van der Waals surface area contributed by atoms with Gasteiger partial charge >= 0.3 is 6.18 Å². The molecule has 0 N–H and O–H groups in total. The summed E-state index contributed by atoms with van der Waals surface area (Å²) in [6.45, 7) is 3.49. The summed E-state index contributed by atoms with van der Waals surface area (Å²) in [6, 6.07) is 9.15. The topological polar surface area (TPSA) is 89.5 Å². The Morgan fingerprint density at radius 2 is 1.56 bits per heavy atom. The molecular formula is C17H14F3N3O4. The Morgan fingerprint density at radius 1 is 1.04 bits per heavy atom. The second-order valence-corrected chi connectivity index (χ2v) is 5.53. The van der Waals surface area contributed by atoms with Crippen molar-refractivity contribution in [2.24, 2.45) is 0 Å². The summed E-state index contributed by atoms with van der Waals surface area (Å²) in [5.41, 5.74) is -3.27. The van der Waals surface area contributed by atoms with Gasteiger partial charge < -0.3 is 4.90 Å². The molecule has 0 aromatic heterocycles. The lowest BCUT2D eigenvalue weighted by atomic mass is 10.1. The molecule has 0 aliphatic heterocycles. The quantitative estimate of drug-likeness (QED) is 0.393. The smallest absolute Gasteiger partial charge is 0.352 e. The van der Waals surface area contributed by atoms with Crippen LogP contribution in [0.4, 0.5) is 30.2 Å². The molecule has 0 saturated carbocycles. The first-order valence-electron chi connectivity index (χ1n) is 7.59. The zero-order valence-electron chi connectivity index (χ0n) is 13.8. The summed E-state index contributed by atoms with van der Waals surface area (Å²) in [7, 11) is 0. The molecule has 2 aromatic carbocycles. The van der Waals surface area contributed by atoms with Crippen LogP contribution in [0.25, 0.3) is 0 Å². The molecule has 10 heteroatoms. The molecule has 0 spiro atoms. The number of rotatable bonds is 7. The number of benzene rings is 2. The van der Waals surface area contributed by atoms with E-state index in [-0.39, 0.29) is 13.1 Å². The zero-order valence-corrected chi connectivity index (χ0v) is 13.8. The van der Waals surface area contributed by atoms with Crippen molar-refractivity contribution in [3.63, 3.8) is 0 Å². The first-order valence-corrected chi connectivity index (χ1v) is 7.59. The van der Waals surface area contributed by atoms with Crippen molar-refractivity contribution in [1.29, 1.82) is 0 Å². The number of nitro benzene ring substituents is 2. The van der Waals surface area contributed by atoms with Gasteiger partial charge in [0, 0.05) is 25.2 Å². The molecule has 0 fully saturated rings. The van der Waals surface area contributed by atoms with Crippen LogP contribution in [-0.2, 0) is 12.7 Å². The van der Waals surface area contributed by atoms with Gasteiger partial charge in [-0.15, -0.1) is 6.58 Å². The van der Waals surface area contributed by atoms with Gasteiger partial charge in [0.25, 0.3) is 11.4 Å². The van der Waals surface area contributed by atoms with E-state index in [1.807, 2.05) is 0 Å². The molecule has 27 heavy (non-hydrogen) atoms. The highest BCUT2D eigenvalue weighted by atomic mass is 19.4. The van der Waals surface area contributed by atoms with Crippen LogP contribution in [0.3, 0.4) is 0 Å². The van der Waals surface area contributed by atoms with E-state index in [1.165, 1.54) is 11.0 Å². The van der Waals surface area contributed by atoms with Crippen molar-refractivity contribution in [3.8, 4) is 0 Å². The Hall–Kier alpha value is -3.43. The minimum atomic E-state index is -4.96. The minimum Gasteiger partial charge on any atom is -0.352 e. The third-order valence-corrected chi connectivity index (χ3v) is 3.67. The first kappa shape index (κ1) is 19.9. The third kappa shape index (κ3) is 4.60. The molecule has 2 aromatic rings. The fourth-order valence-electron chi connectivity index (χ4n) is 2.56. The molecule has 0 aliphatic rings. The van der Waals surface area contributed by atoms with E-state index < -0.39 is 38.6 Å². The summed E-state index contributed by atoms with van der Waals surface area (Å²) in [5.74, 6) is 0. The lowest BCUT2D eigenvalue weighted by Gasteiger charge is -2.23. The SMILES string of the molecule is C=CCN(Cc1ccccc1)c1c([N+](=O)[O-])cc(C(F)(F)F)cc1[N+](=O)[O-]. The molecule has 0 heterocycles. The van der Waals surface area contributed by atoms with Crippen molar-refractivity contribution in [1.82, 2.24) is 0 Å². The number of nitro groups is 2. The number of anilines is 1. The molecule has 0 aliphatic carbocycles. The third-order valence-electron chi connectivity index (χ3n) is 3.67. The average molecular weight is 381 g/mol. The fourth-order valence-corrected chi connectivity index (χ4v) is 2.56. The predicted octanol–water partition coefficient (Wildman–Crippen LogP) is 4.71.